The van der Waals surface area contributed by atoms with Gasteiger partial charge in [0, 0.05) is 18.6 Å². The van der Waals surface area contributed by atoms with Crippen molar-refractivity contribution < 1.29 is 19.0 Å². The van der Waals surface area contributed by atoms with Gasteiger partial charge in [0.2, 0.25) is 0 Å². The fourth-order valence-electron chi connectivity index (χ4n) is 2.47. The lowest BCUT2D eigenvalue weighted by atomic mass is 9.92. The molecular formula is C18H24O5. The van der Waals surface area contributed by atoms with E-state index in [1.807, 2.05) is 20.8 Å². The first-order valence-electron chi connectivity index (χ1n) is 7.68. The number of rotatable bonds is 4. The molecule has 1 saturated heterocycles. The van der Waals surface area contributed by atoms with Crippen LogP contribution >= 0.6 is 0 Å². The molecule has 1 aromatic rings. The van der Waals surface area contributed by atoms with E-state index in [2.05, 4.69) is 6.58 Å². The Bertz CT molecular complexity index is 668. The third kappa shape index (κ3) is 4.33. The highest BCUT2D eigenvalue weighted by molar-refractivity contribution is 5.49. The van der Waals surface area contributed by atoms with Gasteiger partial charge < -0.3 is 19.0 Å². The molecule has 2 heterocycles. The molecule has 1 fully saturated rings. The van der Waals surface area contributed by atoms with Gasteiger partial charge in [0.25, 0.3) is 0 Å². The lowest BCUT2D eigenvalue weighted by Gasteiger charge is -2.40. The topological polar surface area (TPSA) is 68.9 Å². The minimum absolute atomic E-state index is 0.254. The second kappa shape index (κ2) is 6.72. The molecule has 2 rings (SSSR count). The largest absolute Gasteiger partial charge is 0.489 e. The van der Waals surface area contributed by atoms with Gasteiger partial charge in [-0.05, 0) is 51.3 Å². The number of aliphatic hydroxyl groups excluding tert-OH is 1. The minimum Gasteiger partial charge on any atom is -0.489 e. The normalized spacial score (nSPS) is 23.3. The standard InChI is InChI=1S/C18H24O5/c1-11(2)17(20)22-15-8-7-13(23-18(15,4)5)10-14-12(3)6-9-16(19)21-14/h6,9-10,15,17,20H,1,7-8H2,2-5H3/b13-10+/t15-,17?/m0/s1. The number of allylic oxidation sites excluding steroid dienone is 1. The predicted molar refractivity (Wildman–Crippen MR) is 87.8 cm³/mol. The van der Waals surface area contributed by atoms with Crippen molar-refractivity contribution in [2.45, 2.75) is 58.5 Å². The lowest BCUT2D eigenvalue weighted by molar-refractivity contribution is -0.191. The second-order valence-corrected chi connectivity index (χ2v) is 6.48. The molecule has 0 bridgehead atoms. The molecular weight excluding hydrogens is 296 g/mol. The predicted octanol–water partition coefficient (Wildman–Crippen LogP) is 3.16. The lowest BCUT2D eigenvalue weighted by Crippen LogP contribution is -2.45. The maximum atomic E-state index is 11.4. The summed E-state index contributed by atoms with van der Waals surface area (Å²) in [6.07, 6.45) is 1.83. The Balaban J connectivity index is 2.15. The van der Waals surface area contributed by atoms with E-state index in [4.69, 9.17) is 13.9 Å². The third-order valence-electron chi connectivity index (χ3n) is 3.90. The van der Waals surface area contributed by atoms with Crippen molar-refractivity contribution in [3.8, 4) is 0 Å². The van der Waals surface area contributed by atoms with Crippen molar-refractivity contribution in [1.82, 2.24) is 0 Å². The maximum absolute atomic E-state index is 11.4. The fraction of sp³-hybridized carbons (Fsp3) is 0.500. The van der Waals surface area contributed by atoms with Gasteiger partial charge in [0.05, 0.1) is 0 Å². The number of hydrogen-bond acceptors (Lipinski definition) is 5. The summed E-state index contributed by atoms with van der Waals surface area (Å²) in [5.74, 6) is 1.24. The number of hydrogen-bond donors (Lipinski definition) is 1. The van der Waals surface area contributed by atoms with E-state index in [1.54, 1.807) is 19.1 Å². The molecule has 0 radical (unpaired) electrons. The number of ether oxygens (including phenoxy) is 2. The van der Waals surface area contributed by atoms with Crippen LogP contribution in [0.1, 0.15) is 44.9 Å². The van der Waals surface area contributed by atoms with Crippen molar-refractivity contribution in [1.29, 1.82) is 0 Å². The summed E-state index contributed by atoms with van der Waals surface area (Å²) in [6, 6.07) is 3.12. The molecule has 0 amide bonds. The van der Waals surface area contributed by atoms with Crippen LogP contribution in [0.25, 0.3) is 6.08 Å². The first-order valence-corrected chi connectivity index (χ1v) is 7.68. The SMILES string of the molecule is C=C(C)C(O)O[C@H]1CC/C(=C\c2oc(=O)ccc2C)OC1(C)C. The zero-order valence-electron chi connectivity index (χ0n) is 14.1. The Morgan fingerprint density at radius 1 is 1.52 bits per heavy atom. The first-order chi connectivity index (χ1) is 10.7. The van der Waals surface area contributed by atoms with Gasteiger partial charge in [-0.2, -0.15) is 0 Å². The van der Waals surface area contributed by atoms with Gasteiger partial charge in [0.15, 0.2) is 6.29 Å². The summed E-state index contributed by atoms with van der Waals surface area (Å²) in [4.78, 5) is 11.4. The summed E-state index contributed by atoms with van der Waals surface area (Å²) in [5.41, 5.74) is 0.436. The van der Waals surface area contributed by atoms with Crippen LogP contribution in [0, 0.1) is 6.92 Å². The molecule has 5 nitrogen and oxygen atoms in total. The molecule has 0 spiro atoms. The molecule has 0 saturated carbocycles. The van der Waals surface area contributed by atoms with Crippen LogP contribution < -0.4 is 5.63 Å². The Kier molecular flexibility index (Phi) is 5.12. The zero-order valence-corrected chi connectivity index (χ0v) is 14.1. The van der Waals surface area contributed by atoms with Crippen molar-refractivity contribution in [3.63, 3.8) is 0 Å². The number of aliphatic hydroxyl groups is 1. The van der Waals surface area contributed by atoms with E-state index < -0.39 is 11.9 Å². The van der Waals surface area contributed by atoms with E-state index in [-0.39, 0.29) is 11.7 Å². The van der Waals surface area contributed by atoms with Crippen LogP contribution in [-0.4, -0.2) is 23.1 Å². The average Bonchev–Trinajstić information content (AvgIpc) is 2.45. The van der Waals surface area contributed by atoms with Crippen LogP contribution in [0.15, 0.2) is 39.3 Å². The molecule has 1 aromatic heterocycles. The van der Waals surface area contributed by atoms with E-state index in [9.17, 15) is 9.90 Å². The average molecular weight is 320 g/mol. The monoisotopic (exact) mass is 320 g/mol. The van der Waals surface area contributed by atoms with Crippen LogP contribution in [-0.2, 0) is 9.47 Å². The van der Waals surface area contributed by atoms with E-state index in [0.29, 0.717) is 24.2 Å². The Labute approximate surface area is 136 Å². The van der Waals surface area contributed by atoms with Gasteiger partial charge >= 0.3 is 5.63 Å². The van der Waals surface area contributed by atoms with Gasteiger partial charge in [0.1, 0.15) is 23.2 Å². The Morgan fingerprint density at radius 2 is 2.22 bits per heavy atom. The summed E-state index contributed by atoms with van der Waals surface area (Å²) in [7, 11) is 0. The van der Waals surface area contributed by atoms with Gasteiger partial charge in [-0.15, -0.1) is 0 Å². The van der Waals surface area contributed by atoms with Crippen molar-refractivity contribution in [3.05, 3.63) is 51.8 Å². The highest BCUT2D eigenvalue weighted by atomic mass is 16.6. The molecule has 126 valence electrons. The summed E-state index contributed by atoms with van der Waals surface area (Å²) in [5, 5.41) is 9.84. The van der Waals surface area contributed by atoms with Crippen molar-refractivity contribution in [2.75, 3.05) is 0 Å². The first kappa shape index (κ1) is 17.5. The van der Waals surface area contributed by atoms with Gasteiger partial charge in [-0.25, -0.2) is 4.79 Å². The molecule has 0 aromatic carbocycles. The van der Waals surface area contributed by atoms with Gasteiger partial charge in [-0.1, -0.05) is 6.58 Å². The minimum atomic E-state index is -0.997. The van der Waals surface area contributed by atoms with Crippen LogP contribution in [0.3, 0.4) is 0 Å². The molecule has 23 heavy (non-hydrogen) atoms. The summed E-state index contributed by atoms with van der Waals surface area (Å²) >= 11 is 0. The summed E-state index contributed by atoms with van der Waals surface area (Å²) < 4.78 is 16.8. The zero-order chi connectivity index (χ0) is 17.2. The molecule has 1 N–H and O–H groups in total. The highest BCUT2D eigenvalue weighted by Gasteiger charge is 2.38. The Morgan fingerprint density at radius 3 is 2.83 bits per heavy atom. The molecule has 5 heteroatoms. The Hall–Kier alpha value is -1.85. The highest BCUT2D eigenvalue weighted by Crippen LogP contribution is 2.34. The maximum Gasteiger partial charge on any atom is 0.336 e. The second-order valence-electron chi connectivity index (χ2n) is 6.48. The quantitative estimate of drug-likeness (QED) is 0.682. The van der Waals surface area contributed by atoms with Crippen molar-refractivity contribution in [2.24, 2.45) is 0 Å². The van der Waals surface area contributed by atoms with Crippen LogP contribution in [0.4, 0.5) is 0 Å². The van der Waals surface area contributed by atoms with Crippen LogP contribution in [0.5, 0.6) is 0 Å². The van der Waals surface area contributed by atoms with Crippen molar-refractivity contribution >= 4 is 6.08 Å². The smallest absolute Gasteiger partial charge is 0.336 e. The van der Waals surface area contributed by atoms with Crippen LogP contribution in [0.2, 0.25) is 0 Å². The van der Waals surface area contributed by atoms with E-state index >= 15 is 0 Å². The van der Waals surface area contributed by atoms with Gasteiger partial charge in [-0.3, -0.25) is 0 Å². The van der Waals surface area contributed by atoms with E-state index in [1.165, 1.54) is 6.07 Å². The molecule has 1 aliphatic rings. The molecule has 2 atom stereocenters. The molecule has 0 aliphatic carbocycles. The molecule has 1 unspecified atom stereocenters. The van der Waals surface area contributed by atoms with E-state index in [0.717, 1.165) is 11.3 Å². The number of aryl methyl sites for hydroxylation is 1. The summed E-state index contributed by atoms with van der Waals surface area (Å²) in [6.45, 7) is 11.1. The fourth-order valence-corrected chi connectivity index (χ4v) is 2.47. The molecule has 1 aliphatic heterocycles. The third-order valence-corrected chi connectivity index (χ3v) is 3.90.